The minimum Gasteiger partial charge on any atom is -0.338 e. The Labute approximate surface area is 125 Å². The Morgan fingerprint density at radius 2 is 2.10 bits per heavy atom. The van der Waals surface area contributed by atoms with E-state index >= 15 is 0 Å². The fourth-order valence-electron chi connectivity index (χ4n) is 5.22. The van der Waals surface area contributed by atoms with Crippen molar-refractivity contribution in [1.82, 2.24) is 10.2 Å². The predicted molar refractivity (Wildman–Crippen MR) is 81.0 cm³/mol. The van der Waals surface area contributed by atoms with E-state index in [0.29, 0.717) is 29.7 Å². The first kappa shape index (κ1) is 12.2. The van der Waals surface area contributed by atoms with Gasteiger partial charge < -0.3 is 10.2 Å². The van der Waals surface area contributed by atoms with Gasteiger partial charge in [-0.1, -0.05) is 24.3 Å². The van der Waals surface area contributed by atoms with Crippen LogP contribution >= 0.6 is 0 Å². The van der Waals surface area contributed by atoms with Gasteiger partial charge in [0, 0.05) is 31.6 Å². The molecule has 21 heavy (non-hydrogen) atoms. The minimum atomic E-state index is 0.285. The van der Waals surface area contributed by atoms with Crippen molar-refractivity contribution >= 4 is 5.91 Å². The summed E-state index contributed by atoms with van der Waals surface area (Å²) in [6.45, 7) is 3.11. The van der Waals surface area contributed by atoms with E-state index < -0.39 is 0 Å². The Morgan fingerprint density at radius 1 is 1.19 bits per heavy atom. The zero-order valence-electron chi connectivity index (χ0n) is 12.3. The van der Waals surface area contributed by atoms with Gasteiger partial charge in [0.25, 0.3) is 0 Å². The fraction of sp³-hybridized carbons (Fsp3) is 0.611. The van der Waals surface area contributed by atoms with E-state index in [1.165, 1.54) is 24.0 Å². The number of nitrogens with one attached hydrogen (secondary N) is 1. The molecule has 1 aromatic carbocycles. The fourth-order valence-corrected chi connectivity index (χ4v) is 5.22. The van der Waals surface area contributed by atoms with Crippen molar-refractivity contribution < 1.29 is 4.79 Å². The molecule has 2 aliphatic heterocycles. The SMILES string of the molecule is O=C(C1C2CCc3ccccc3C21)N1CC[C@H]2CNC[C@H]21. The Bertz CT molecular complexity index is 599. The molecule has 3 fully saturated rings. The highest BCUT2D eigenvalue weighted by atomic mass is 16.2. The first-order chi connectivity index (χ1) is 10.3. The quantitative estimate of drug-likeness (QED) is 0.851. The van der Waals surface area contributed by atoms with Gasteiger partial charge in [-0.25, -0.2) is 0 Å². The minimum absolute atomic E-state index is 0.285. The monoisotopic (exact) mass is 282 g/mol. The summed E-state index contributed by atoms with van der Waals surface area (Å²) in [6, 6.07) is 9.25. The lowest BCUT2D eigenvalue weighted by atomic mass is 9.92. The molecule has 4 aliphatic rings. The largest absolute Gasteiger partial charge is 0.338 e. The number of carbonyl (C=O) groups is 1. The second-order valence-corrected chi connectivity index (χ2v) is 7.26. The van der Waals surface area contributed by atoms with E-state index in [2.05, 4.69) is 34.5 Å². The number of benzene rings is 1. The van der Waals surface area contributed by atoms with Gasteiger partial charge >= 0.3 is 0 Å². The van der Waals surface area contributed by atoms with Crippen LogP contribution in [0.1, 0.15) is 29.9 Å². The molecular formula is C18H22N2O. The molecule has 1 amide bonds. The van der Waals surface area contributed by atoms with E-state index in [1.54, 1.807) is 0 Å². The van der Waals surface area contributed by atoms with Gasteiger partial charge in [0.1, 0.15) is 0 Å². The molecular weight excluding hydrogens is 260 g/mol. The second kappa shape index (κ2) is 4.33. The maximum atomic E-state index is 13.0. The number of aryl methyl sites for hydroxylation is 1. The molecule has 2 aliphatic carbocycles. The summed E-state index contributed by atoms with van der Waals surface area (Å²) in [7, 11) is 0. The molecule has 2 heterocycles. The number of hydrogen-bond donors (Lipinski definition) is 1. The molecule has 3 heteroatoms. The van der Waals surface area contributed by atoms with E-state index in [-0.39, 0.29) is 5.92 Å². The highest BCUT2D eigenvalue weighted by Gasteiger charge is 2.59. The van der Waals surface area contributed by atoms with Gasteiger partial charge in [0.15, 0.2) is 0 Å². The van der Waals surface area contributed by atoms with Crippen LogP contribution in [0.2, 0.25) is 0 Å². The van der Waals surface area contributed by atoms with Crippen molar-refractivity contribution in [3.63, 3.8) is 0 Å². The van der Waals surface area contributed by atoms with Crippen LogP contribution in [0, 0.1) is 17.8 Å². The third-order valence-corrected chi connectivity index (χ3v) is 6.34. The van der Waals surface area contributed by atoms with Crippen LogP contribution in [0.15, 0.2) is 24.3 Å². The van der Waals surface area contributed by atoms with Crippen LogP contribution < -0.4 is 5.32 Å². The molecule has 3 nitrogen and oxygen atoms in total. The molecule has 0 radical (unpaired) electrons. The topological polar surface area (TPSA) is 32.3 Å². The first-order valence-electron chi connectivity index (χ1n) is 8.43. The Kier molecular flexibility index (Phi) is 2.52. The number of likely N-dealkylation sites (tertiary alicyclic amines) is 1. The van der Waals surface area contributed by atoms with Crippen molar-refractivity contribution in [2.24, 2.45) is 17.8 Å². The molecule has 2 saturated heterocycles. The molecule has 0 aromatic heterocycles. The summed E-state index contributed by atoms with van der Waals surface area (Å²) < 4.78 is 0. The van der Waals surface area contributed by atoms with E-state index in [4.69, 9.17) is 0 Å². The lowest BCUT2D eigenvalue weighted by Crippen LogP contribution is -2.40. The number of amides is 1. The molecule has 1 aromatic rings. The van der Waals surface area contributed by atoms with Gasteiger partial charge in [0.05, 0.1) is 0 Å². The van der Waals surface area contributed by atoms with Crippen LogP contribution in [0.4, 0.5) is 0 Å². The lowest BCUT2D eigenvalue weighted by molar-refractivity contribution is -0.133. The number of hydrogen-bond acceptors (Lipinski definition) is 2. The van der Waals surface area contributed by atoms with Crippen LogP contribution in [0.5, 0.6) is 0 Å². The standard InChI is InChI=1S/C18H22N2O/c21-18(20-8-7-12-9-19-10-15(12)20)17-14-6-5-11-3-1-2-4-13(11)16(14)17/h1-4,12,14-17,19H,5-10H2/t12-,14?,15+,16?,17?/m0/s1. The summed E-state index contributed by atoms with van der Waals surface area (Å²) >= 11 is 0. The molecule has 0 bridgehead atoms. The highest BCUT2D eigenvalue weighted by molar-refractivity contribution is 5.85. The second-order valence-electron chi connectivity index (χ2n) is 7.26. The maximum absolute atomic E-state index is 13.0. The Balaban J connectivity index is 1.40. The Hall–Kier alpha value is -1.35. The summed E-state index contributed by atoms with van der Waals surface area (Å²) in [6.07, 6.45) is 3.56. The average Bonchev–Trinajstić information content (AvgIpc) is 2.84. The maximum Gasteiger partial charge on any atom is 0.226 e. The normalized spacial score (nSPS) is 39.6. The molecule has 5 atom stereocenters. The van der Waals surface area contributed by atoms with Crippen LogP contribution in [0.3, 0.4) is 0 Å². The average molecular weight is 282 g/mol. The number of nitrogens with zero attached hydrogens (tertiary/aromatic N) is 1. The Morgan fingerprint density at radius 3 is 3.05 bits per heavy atom. The molecule has 1 N–H and O–H groups in total. The van der Waals surface area contributed by atoms with Gasteiger partial charge in [-0.05, 0) is 48.1 Å². The van der Waals surface area contributed by atoms with Gasteiger partial charge in [-0.3, -0.25) is 4.79 Å². The van der Waals surface area contributed by atoms with E-state index in [9.17, 15) is 4.79 Å². The molecule has 3 unspecified atom stereocenters. The van der Waals surface area contributed by atoms with Crippen molar-refractivity contribution in [1.29, 1.82) is 0 Å². The van der Waals surface area contributed by atoms with Crippen LogP contribution in [-0.2, 0) is 11.2 Å². The number of carbonyl (C=O) groups excluding carboxylic acids is 1. The molecule has 110 valence electrons. The smallest absolute Gasteiger partial charge is 0.226 e. The van der Waals surface area contributed by atoms with Gasteiger partial charge in [-0.2, -0.15) is 0 Å². The molecule has 5 rings (SSSR count). The van der Waals surface area contributed by atoms with Crippen molar-refractivity contribution in [2.45, 2.75) is 31.2 Å². The summed E-state index contributed by atoms with van der Waals surface area (Å²) in [5.41, 5.74) is 2.95. The summed E-state index contributed by atoms with van der Waals surface area (Å²) in [4.78, 5) is 15.2. The summed E-state index contributed by atoms with van der Waals surface area (Å²) in [5, 5.41) is 3.45. The molecule has 1 saturated carbocycles. The predicted octanol–water partition coefficient (Wildman–Crippen LogP) is 1.78. The third kappa shape index (κ3) is 1.67. The van der Waals surface area contributed by atoms with E-state index in [0.717, 1.165) is 26.1 Å². The zero-order chi connectivity index (χ0) is 14.0. The number of fused-ring (bicyclic) bond motifs is 4. The van der Waals surface area contributed by atoms with Crippen molar-refractivity contribution in [3.05, 3.63) is 35.4 Å². The van der Waals surface area contributed by atoms with Crippen LogP contribution in [0.25, 0.3) is 0 Å². The number of rotatable bonds is 1. The highest BCUT2D eigenvalue weighted by Crippen LogP contribution is 2.60. The summed E-state index contributed by atoms with van der Waals surface area (Å²) in [5.74, 6) is 2.60. The van der Waals surface area contributed by atoms with Gasteiger partial charge in [-0.15, -0.1) is 0 Å². The van der Waals surface area contributed by atoms with Crippen molar-refractivity contribution in [2.75, 3.05) is 19.6 Å². The van der Waals surface area contributed by atoms with Crippen molar-refractivity contribution in [3.8, 4) is 0 Å². The first-order valence-corrected chi connectivity index (χ1v) is 8.43. The lowest BCUT2D eigenvalue weighted by Gasteiger charge is -2.23. The van der Waals surface area contributed by atoms with Crippen LogP contribution in [-0.4, -0.2) is 36.5 Å². The third-order valence-electron chi connectivity index (χ3n) is 6.34. The molecule has 0 spiro atoms. The van der Waals surface area contributed by atoms with E-state index in [1.807, 2.05) is 0 Å². The zero-order valence-corrected chi connectivity index (χ0v) is 12.3. The van der Waals surface area contributed by atoms with Gasteiger partial charge in [0.2, 0.25) is 5.91 Å².